The van der Waals surface area contributed by atoms with Crippen LogP contribution in [0.3, 0.4) is 0 Å². The lowest BCUT2D eigenvalue weighted by atomic mass is 10.0. The minimum Gasteiger partial charge on any atom is -0.356 e. The van der Waals surface area contributed by atoms with E-state index in [1.165, 1.54) is 37.9 Å². The summed E-state index contributed by atoms with van der Waals surface area (Å²) < 4.78 is 2.36. The third kappa shape index (κ3) is 5.56. The van der Waals surface area contributed by atoms with Crippen molar-refractivity contribution < 1.29 is 0 Å². The molecule has 1 aromatic heterocycles. The summed E-state index contributed by atoms with van der Waals surface area (Å²) in [5, 5.41) is 12.3. The molecule has 142 valence electrons. The molecule has 6 nitrogen and oxygen atoms in total. The number of aliphatic imine (C=N–C) groups is 1. The van der Waals surface area contributed by atoms with E-state index in [1.54, 1.807) is 0 Å². The predicted octanol–water partition coefficient (Wildman–Crippen LogP) is 2.86. The Hall–Kier alpha value is -0.860. The van der Waals surface area contributed by atoms with Gasteiger partial charge in [0.15, 0.2) is 5.96 Å². The lowest BCUT2D eigenvalue weighted by Crippen LogP contribution is -2.46. The van der Waals surface area contributed by atoms with Crippen LogP contribution in [0.1, 0.15) is 57.1 Å². The number of guanidine groups is 1. The molecule has 25 heavy (non-hydrogen) atoms. The van der Waals surface area contributed by atoms with Gasteiger partial charge in [-0.2, -0.15) is 0 Å². The molecule has 0 aliphatic carbocycles. The summed E-state index contributed by atoms with van der Waals surface area (Å²) in [6.07, 6.45) is 9.59. The van der Waals surface area contributed by atoms with Crippen LogP contribution in [0, 0.1) is 5.92 Å². The monoisotopic (exact) mass is 460 g/mol. The summed E-state index contributed by atoms with van der Waals surface area (Å²) in [5.74, 6) is 4.18. The minimum absolute atomic E-state index is 0. The first kappa shape index (κ1) is 20.5. The number of piperidine rings is 1. The van der Waals surface area contributed by atoms with Gasteiger partial charge in [-0.15, -0.1) is 34.2 Å². The standard InChI is InChI=1S/C18H32N6.HI/c1-15-8-7-12-23(14-15)18(19-2)20-11-6-10-17-22-21-16-9-4-3-5-13-24(16)17;/h15H,3-14H2,1-2H3,(H,19,20);1H. The van der Waals surface area contributed by atoms with Crippen LogP contribution in [0.5, 0.6) is 0 Å². The van der Waals surface area contributed by atoms with Crippen molar-refractivity contribution in [1.29, 1.82) is 0 Å². The van der Waals surface area contributed by atoms with Crippen molar-refractivity contribution in [3.05, 3.63) is 11.6 Å². The highest BCUT2D eigenvalue weighted by Gasteiger charge is 2.19. The van der Waals surface area contributed by atoms with E-state index in [4.69, 9.17) is 0 Å². The van der Waals surface area contributed by atoms with Crippen molar-refractivity contribution in [2.75, 3.05) is 26.7 Å². The van der Waals surface area contributed by atoms with Crippen molar-refractivity contribution in [3.8, 4) is 0 Å². The zero-order valence-corrected chi connectivity index (χ0v) is 18.0. The molecular weight excluding hydrogens is 427 g/mol. The third-order valence-corrected chi connectivity index (χ3v) is 5.21. The van der Waals surface area contributed by atoms with E-state index >= 15 is 0 Å². The molecular formula is C18H33IN6. The second-order valence-corrected chi connectivity index (χ2v) is 7.27. The van der Waals surface area contributed by atoms with Crippen LogP contribution in [-0.2, 0) is 19.4 Å². The Balaban J connectivity index is 0.00000225. The average Bonchev–Trinajstić information content (AvgIpc) is 2.82. The Labute approximate surface area is 168 Å². The van der Waals surface area contributed by atoms with Crippen LogP contribution in [0.2, 0.25) is 0 Å². The smallest absolute Gasteiger partial charge is 0.193 e. The van der Waals surface area contributed by atoms with Crippen LogP contribution in [0.15, 0.2) is 4.99 Å². The fourth-order valence-electron chi connectivity index (χ4n) is 3.89. The molecule has 0 saturated carbocycles. The predicted molar refractivity (Wildman–Crippen MR) is 113 cm³/mol. The Kier molecular flexibility index (Phi) is 8.45. The highest BCUT2D eigenvalue weighted by molar-refractivity contribution is 14.0. The van der Waals surface area contributed by atoms with Gasteiger partial charge in [-0.1, -0.05) is 13.3 Å². The van der Waals surface area contributed by atoms with Crippen LogP contribution in [0.25, 0.3) is 0 Å². The first-order valence-electron chi connectivity index (χ1n) is 9.64. The molecule has 0 radical (unpaired) electrons. The Morgan fingerprint density at radius 3 is 2.88 bits per heavy atom. The second-order valence-electron chi connectivity index (χ2n) is 7.27. The largest absolute Gasteiger partial charge is 0.356 e. The van der Waals surface area contributed by atoms with Crippen LogP contribution < -0.4 is 5.32 Å². The normalized spacial score (nSPS) is 21.3. The lowest BCUT2D eigenvalue weighted by molar-refractivity contribution is 0.266. The number of likely N-dealkylation sites (tertiary alicyclic amines) is 1. The fourth-order valence-corrected chi connectivity index (χ4v) is 3.89. The minimum atomic E-state index is 0. The summed E-state index contributed by atoms with van der Waals surface area (Å²) in [6.45, 7) is 6.62. The van der Waals surface area contributed by atoms with Crippen molar-refractivity contribution in [3.63, 3.8) is 0 Å². The maximum Gasteiger partial charge on any atom is 0.193 e. The van der Waals surface area contributed by atoms with Gasteiger partial charge in [0, 0.05) is 46.1 Å². The Bertz CT molecular complexity index is 556. The molecule has 0 amide bonds. The number of hydrogen-bond donors (Lipinski definition) is 1. The van der Waals surface area contributed by atoms with Gasteiger partial charge in [-0.3, -0.25) is 4.99 Å². The second kappa shape index (κ2) is 10.3. The summed E-state index contributed by atoms with van der Waals surface area (Å²) in [5.41, 5.74) is 0. The molecule has 0 bridgehead atoms. The number of nitrogens with one attached hydrogen (secondary N) is 1. The topological polar surface area (TPSA) is 58.3 Å². The van der Waals surface area contributed by atoms with E-state index < -0.39 is 0 Å². The molecule has 1 unspecified atom stereocenters. The molecule has 7 heteroatoms. The van der Waals surface area contributed by atoms with Crippen molar-refractivity contribution in [2.45, 2.75) is 64.8 Å². The molecule has 3 heterocycles. The Morgan fingerprint density at radius 1 is 1.20 bits per heavy atom. The number of nitrogens with zero attached hydrogens (tertiary/aromatic N) is 5. The van der Waals surface area contributed by atoms with Gasteiger partial charge >= 0.3 is 0 Å². The number of aryl methyl sites for hydroxylation is 2. The van der Waals surface area contributed by atoms with E-state index in [9.17, 15) is 0 Å². The molecule has 2 aliphatic rings. The molecule has 1 fully saturated rings. The van der Waals surface area contributed by atoms with Gasteiger partial charge in [0.05, 0.1) is 0 Å². The number of fused-ring (bicyclic) bond motifs is 1. The van der Waals surface area contributed by atoms with Gasteiger partial charge in [0.25, 0.3) is 0 Å². The fraction of sp³-hybridized carbons (Fsp3) is 0.833. The molecule has 3 rings (SSSR count). The molecule has 1 saturated heterocycles. The number of hydrogen-bond acceptors (Lipinski definition) is 3. The highest BCUT2D eigenvalue weighted by Crippen LogP contribution is 2.16. The first-order chi connectivity index (χ1) is 11.8. The van der Waals surface area contributed by atoms with E-state index in [-0.39, 0.29) is 24.0 Å². The quantitative estimate of drug-likeness (QED) is 0.325. The van der Waals surface area contributed by atoms with Gasteiger partial charge in [0.2, 0.25) is 0 Å². The van der Waals surface area contributed by atoms with Crippen LogP contribution in [-0.4, -0.2) is 52.3 Å². The molecule has 1 N–H and O–H groups in total. The number of halogens is 1. The van der Waals surface area contributed by atoms with Gasteiger partial charge < -0.3 is 14.8 Å². The molecule has 0 spiro atoms. The number of aromatic nitrogens is 3. The summed E-state index contributed by atoms with van der Waals surface area (Å²) in [6, 6.07) is 0. The number of rotatable bonds is 4. The molecule has 1 aromatic rings. The maximum atomic E-state index is 4.46. The molecule has 1 atom stereocenters. The van der Waals surface area contributed by atoms with Gasteiger partial charge in [0.1, 0.15) is 11.6 Å². The first-order valence-corrected chi connectivity index (χ1v) is 9.64. The summed E-state index contributed by atoms with van der Waals surface area (Å²) in [7, 11) is 1.89. The van der Waals surface area contributed by atoms with Crippen molar-refractivity contribution >= 4 is 29.9 Å². The van der Waals surface area contributed by atoms with Crippen LogP contribution >= 0.6 is 24.0 Å². The van der Waals surface area contributed by atoms with Gasteiger partial charge in [-0.25, -0.2) is 0 Å². The summed E-state index contributed by atoms with van der Waals surface area (Å²) >= 11 is 0. The SMILES string of the molecule is CN=C(NCCCc1nnc2n1CCCCC2)N1CCCC(C)C1.I. The van der Waals surface area contributed by atoms with Gasteiger partial charge in [-0.05, 0) is 38.0 Å². The lowest BCUT2D eigenvalue weighted by Gasteiger charge is -2.33. The maximum absolute atomic E-state index is 4.46. The average molecular weight is 460 g/mol. The zero-order valence-electron chi connectivity index (χ0n) is 15.7. The van der Waals surface area contributed by atoms with E-state index in [0.29, 0.717) is 0 Å². The highest BCUT2D eigenvalue weighted by atomic mass is 127. The van der Waals surface area contributed by atoms with Crippen LogP contribution in [0.4, 0.5) is 0 Å². The summed E-state index contributed by atoms with van der Waals surface area (Å²) in [4.78, 5) is 6.86. The zero-order chi connectivity index (χ0) is 16.8. The van der Waals surface area contributed by atoms with Crippen molar-refractivity contribution in [1.82, 2.24) is 25.0 Å². The Morgan fingerprint density at radius 2 is 2.08 bits per heavy atom. The molecule has 2 aliphatic heterocycles. The molecule has 0 aromatic carbocycles. The van der Waals surface area contributed by atoms with Crippen molar-refractivity contribution in [2.24, 2.45) is 10.9 Å². The van der Waals surface area contributed by atoms with E-state index in [1.807, 2.05) is 7.05 Å². The van der Waals surface area contributed by atoms with E-state index in [0.717, 1.165) is 63.1 Å². The third-order valence-electron chi connectivity index (χ3n) is 5.21. The van der Waals surface area contributed by atoms with E-state index in [2.05, 4.69) is 36.9 Å².